The Morgan fingerprint density at radius 1 is 0.286 bits per heavy atom. The molecular weight excluding hydrogens is 966 g/mol. The Kier molecular flexibility index (Phi) is 11.8. The predicted octanol–water partition coefficient (Wildman–Crippen LogP) is 11.7. The molecule has 63 heavy (non-hydrogen) atoms. The van der Waals surface area contributed by atoms with Crippen LogP contribution in [0.25, 0.3) is 78.6 Å². The van der Waals surface area contributed by atoms with Crippen molar-refractivity contribution in [2.45, 2.75) is 0 Å². The third-order valence-corrected chi connectivity index (χ3v) is 9.31. The molecule has 0 spiro atoms. The van der Waals surface area contributed by atoms with Crippen LogP contribution in [0.1, 0.15) is 11.4 Å². The van der Waals surface area contributed by atoms with Crippen molar-refractivity contribution >= 4 is 45.3 Å². The van der Waals surface area contributed by atoms with Gasteiger partial charge in [-0.3, -0.25) is 4.98 Å². The molecule has 1 aliphatic heterocycles. The number of hydrogen-bond donors (Lipinski definition) is 0. The molecule has 8 aromatic rings. The fourth-order valence-electron chi connectivity index (χ4n) is 6.52. The Morgan fingerprint density at radius 2 is 0.540 bits per heavy atom. The molecule has 324 valence electrons. The molecular formula is C42H13F15N5Pd-3. The van der Waals surface area contributed by atoms with Gasteiger partial charge in [0.1, 0.15) is 0 Å². The number of nitrogens with zero attached hydrogens (tertiary/aromatic N) is 5. The third-order valence-electron chi connectivity index (χ3n) is 9.31. The van der Waals surface area contributed by atoms with E-state index in [0.29, 0.717) is 0 Å². The number of benzene rings is 3. The molecule has 0 N–H and O–H groups in total. The van der Waals surface area contributed by atoms with Crippen LogP contribution in [0.4, 0.5) is 65.9 Å². The van der Waals surface area contributed by atoms with Crippen molar-refractivity contribution in [2.75, 3.05) is 0 Å². The van der Waals surface area contributed by atoms with E-state index in [-0.39, 0.29) is 31.5 Å². The SMILES string of the molecule is Fc1c(F)c(F)c(-c2c3nc(c(-c4c(F)c(F)c(F)c(F)c4F)c4ccc([n-]4)c4ccc([n-]4)c(-c4c(F)c(F)c(F)c(F)c4F)c4ccc2[n-]4)C=C3)c(F)c1F.[Pd].c1ccncc1. The molecule has 21 heteroatoms. The van der Waals surface area contributed by atoms with E-state index in [0.717, 1.165) is 48.6 Å². The molecule has 9 rings (SSSR count). The molecule has 0 aliphatic carbocycles. The Balaban J connectivity index is 0.000000785. The smallest absolute Gasteiger partial charge is 0.200 e. The first-order chi connectivity index (χ1) is 29.5. The van der Waals surface area contributed by atoms with Gasteiger partial charge in [-0.25, -0.2) is 70.8 Å². The van der Waals surface area contributed by atoms with E-state index in [9.17, 15) is 39.5 Å². The summed E-state index contributed by atoms with van der Waals surface area (Å²) in [5.41, 5.74) is -13.0. The third kappa shape index (κ3) is 7.20. The summed E-state index contributed by atoms with van der Waals surface area (Å²) < 4.78 is 223. The van der Waals surface area contributed by atoms with Crippen molar-refractivity contribution in [2.24, 2.45) is 0 Å². The number of pyridine rings is 1. The molecule has 3 aromatic carbocycles. The van der Waals surface area contributed by atoms with Crippen LogP contribution in [0.3, 0.4) is 0 Å². The van der Waals surface area contributed by atoms with Crippen LogP contribution in [0, 0.1) is 87.3 Å². The average Bonchev–Trinajstić information content (AvgIpc) is 4.13. The molecule has 0 radical (unpaired) electrons. The minimum absolute atomic E-state index is 0. The maximum absolute atomic E-state index is 15.5. The minimum Gasteiger partial charge on any atom is -0.658 e. The van der Waals surface area contributed by atoms with Gasteiger partial charge >= 0.3 is 0 Å². The molecule has 0 fully saturated rings. The maximum atomic E-state index is 15.5. The Hall–Kier alpha value is -6.85. The molecule has 5 aromatic heterocycles. The van der Waals surface area contributed by atoms with E-state index in [1.54, 1.807) is 12.4 Å². The monoisotopic (exact) mass is 978 g/mol. The van der Waals surface area contributed by atoms with Gasteiger partial charge < -0.3 is 15.0 Å². The van der Waals surface area contributed by atoms with Crippen molar-refractivity contribution in [3.63, 3.8) is 0 Å². The summed E-state index contributed by atoms with van der Waals surface area (Å²) >= 11 is 0. The van der Waals surface area contributed by atoms with Gasteiger partial charge in [0.15, 0.2) is 69.8 Å². The van der Waals surface area contributed by atoms with Crippen LogP contribution < -0.4 is 15.0 Å². The summed E-state index contributed by atoms with van der Waals surface area (Å²) in [5, 5.41) is 0. The van der Waals surface area contributed by atoms with Crippen LogP contribution in [0.5, 0.6) is 0 Å². The van der Waals surface area contributed by atoms with Crippen molar-refractivity contribution in [3.05, 3.63) is 166 Å². The van der Waals surface area contributed by atoms with Crippen LogP contribution in [-0.2, 0) is 20.4 Å². The van der Waals surface area contributed by atoms with E-state index in [2.05, 4.69) is 24.9 Å². The Bertz CT molecular complexity index is 3210. The first-order valence-electron chi connectivity index (χ1n) is 17.1. The van der Waals surface area contributed by atoms with E-state index in [1.807, 2.05) is 18.2 Å². The van der Waals surface area contributed by atoms with Gasteiger partial charge in [-0.15, -0.1) is 22.1 Å². The van der Waals surface area contributed by atoms with Crippen molar-refractivity contribution < 1.29 is 86.3 Å². The zero-order valence-corrected chi connectivity index (χ0v) is 31.8. The number of aromatic nitrogens is 5. The van der Waals surface area contributed by atoms with Gasteiger partial charge in [0.25, 0.3) is 0 Å². The molecule has 0 unspecified atom stereocenters. The normalized spacial score (nSPS) is 11.5. The molecule has 1 aliphatic rings. The second kappa shape index (κ2) is 16.8. The topological polar surface area (TPSA) is 68.1 Å². The van der Waals surface area contributed by atoms with Gasteiger partial charge in [0, 0.05) is 32.8 Å². The molecule has 5 nitrogen and oxygen atoms in total. The predicted molar refractivity (Wildman–Crippen MR) is 192 cm³/mol. The van der Waals surface area contributed by atoms with Crippen molar-refractivity contribution in [3.8, 4) is 33.4 Å². The Labute approximate surface area is 354 Å². The van der Waals surface area contributed by atoms with Gasteiger partial charge in [-0.2, -0.15) is 11.0 Å². The molecule has 0 amide bonds. The van der Waals surface area contributed by atoms with Crippen molar-refractivity contribution in [1.29, 1.82) is 0 Å². The number of hydrogen-bond acceptors (Lipinski definition) is 2. The fraction of sp³-hybridized carbons (Fsp3) is 0. The molecule has 0 saturated carbocycles. The molecule has 6 heterocycles. The second-order valence-corrected chi connectivity index (χ2v) is 12.8. The summed E-state index contributed by atoms with van der Waals surface area (Å²) in [6, 6.07) is 11.4. The number of halogens is 15. The maximum Gasteiger partial charge on any atom is 0.200 e. The molecule has 8 bridgehead atoms. The van der Waals surface area contributed by atoms with Gasteiger partial charge in [-0.05, 0) is 41.0 Å². The van der Waals surface area contributed by atoms with E-state index >= 15 is 26.3 Å². The van der Waals surface area contributed by atoms with E-state index < -0.39 is 154 Å². The fourth-order valence-corrected chi connectivity index (χ4v) is 6.52. The quantitative estimate of drug-likeness (QED) is 0.0764. The van der Waals surface area contributed by atoms with Crippen LogP contribution in [0.15, 0.2) is 67.0 Å². The summed E-state index contributed by atoms with van der Waals surface area (Å²) in [6.07, 6.45) is 5.06. The van der Waals surface area contributed by atoms with Crippen LogP contribution >= 0.6 is 0 Å². The second-order valence-electron chi connectivity index (χ2n) is 12.8. The van der Waals surface area contributed by atoms with E-state index in [4.69, 9.17) is 0 Å². The number of fused-ring (bicyclic) bond motifs is 9. The summed E-state index contributed by atoms with van der Waals surface area (Å²) in [6.45, 7) is 0. The molecule has 0 saturated heterocycles. The van der Waals surface area contributed by atoms with Gasteiger partial charge in [0.2, 0.25) is 17.5 Å². The molecule has 0 atom stereocenters. The van der Waals surface area contributed by atoms with E-state index in [1.165, 1.54) is 0 Å². The van der Waals surface area contributed by atoms with Gasteiger partial charge in [-0.1, -0.05) is 42.5 Å². The first kappa shape index (κ1) is 44.2. The first-order valence-corrected chi connectivity index (χ1v) is 17.1. The minimum atomic E-state index is -2.62. The summed E-state index contributed by atoms with van der Waals surface area (Å²) in [5.74, 6) is -37.0. The zero-order valence-electron chi connectivity index (χ0n) is 30.2. The Morgan fingerprint density at radius 3 is 0.825 bits per heavy atom. The van der Waals surface area contributed by atoms with Crippen LogP contribution in [-0.4, -0.2) is 9.97 Å². The summed E-state index contributed by atoms with van der Waals surface area (Å²) in [7, 11) is 0. The standard InChI is InChI=1S/C37H8F15N4.C5H5N.Pd/c38-23-20(24(39)30(45)35(50)29(23)44)17-11-3-1-9(53-11)10-2-4-12(54-10)18(21-25(40)31(46)36(51)32(47)26(21)41)14-6-8-16(56-14)19(15-7-5-13(17)55-15)22-27(42)33(48)37(52)34(49)28(22)43;1-2-4-6-5-3-1;/h1-8H;1-5H;/q-3;;. The number of rotatable bonds is 3. The van der Waals surface area contributed by atoms with Crippen molar-refractivity contribution in [1.82, 2.24) is 24.9 Å². The average molecular weight is 979 g/mol. The zero-order chi connectivity index (χ0) is 44.5. The largest absolute Gasteiger partial charge is 0.658 e. The van der Waals surface area contributed by atoms with Gasteiger partial charge in [0.05, 0.1) is 28.1 Å². The van der Waals surface area contributed by atoms with Crippen LogP contribution in [0.2, 0.25) is 0 Å². The summed E-state index contributed by atoms with van der Waals surface area (Å²) in [4.78, 5) is 20.0.